The summed E-state index contributed by atoms with van der Waals surface area (Å²) in [6.07, 6.45) is 9.88. The quantitative estimate of drug-likeness (QED) is 0.749. The fourth-order valence-corrected chi connectivity index (χ4v) is 3.27. The molecule has 0 aliphatic carbocycles. The van der Waals surface area contributed by atoms with Gasteiger partial charge in [-0.15, -0.1) is 0 Å². The van der Waals surface area contributed by atoms with E-state index in [4.69, 9.17) is 4.74 Å². The number of nitrogens with zero attached hydrogens (tertiary/aromatic N) is 2. The fourth-order valence-electron chi connectivity index (χ4n) is 3.27. The third-order valence-corrected chi connectivity index (χ3v) is 4.55. The van der Waals surface area contributed by atoms with Gasteiger partial charge in [0.15, 0.2) is 0 Å². The highest BCUT2D eigenvalue weighted by atomic mass is 16.5. The fraction of sp³-hybridized carbons (Fsp3) is 1.00. The van der Waals surface area contributed by atoms with Gasteiger partial charge in [0.25, 0.3) is 0 Å². The molecule has 2 fully saturated rings. The van der Waals surface area contributed by atoms with Crippen LogP contribution in [0.25, 0.3) is 0 Å². The van der Waals surface area contributed by atoms with Crippen molar-refractivity contribution in [2.24, 2.45) is 0 Å². The Balaban J connectivity index is 1.62. The van der Waals surface area contributed by atoms with Gasteiger partial charge >= 0.3 is 0 Å². The standard InChI is InChI=1S/C15H30N2O/c1-16(13-15-8-4-6-12-18-15)11-9-14-7-3-5-10-17(14)2/h14-15H,3-13H2,1-2H3/t14-,15-/m0/s1. The second-order valence-electron chi connectivity index (χ2n) is 6.17. The summed E-state index contributed by atoms with van der Waals surface area (Å²) >= 11 is 0. The van der Waals surface area contributed by atoms with Crippen LogP contribution in [-0.4, -0.2) is 62.3 Å². The summed E-state index contributed by atoms with van der Waals surface area (Å²) in [5.41, 5.74) is 0. The van der Waals surface area contributed by atoms with Crippen molar-refractivity contribution >= 4 is 0 Å². The predicted molar refractivity (Wildman–Crippen MR) is 76.0 cm³/mol. The van der Waals surface area contributed by atoms with E-state index in [9.17, 15) is 0 Å². The average molecular weight is 254 g/mol. The summed E-state index contributed by atoms with van der Waals surface area (Å²) in [7, 11) is 4.54. The van der Waals surface area contributed by atoms with Crippen molar-refractivity contribution in [2.45, 2.75) is 57.1 Å². The molecule has 18 heavy (non-hydrogen) atoms. The molecule has 2 aliphatic rings. The SMILES string of the molecule is CN(CC[C@@H]1CCCCN1C)C[C@@H]1CCCCO1. The van der Waals surface area contributed by atoms with Crippen LogP contribution in [0.4, 0.5) is 0 Å². The Morgan fingerprint density at radius 3 is 2.72 bits per heavy atom. The van der Waals surface area contributed by atoms with Crippen molar-refractivity contribution in [1.29, 1.82) is 0 Å². The first-order chi connectivity index (χ1) is 8.75. The van der Waals surface area contributed by atoms with Gasteiger partial charge < -0.3 is 14.5 Å². The van der Waals surface area contributed by atoms with Gasteiger partial charge in [0.2, 0.25) is 0 Å². The second kappa shape index (κ2) is 7.46. The number of rotatable bonds is 5. The summed E-state index contributed by atoms with van der Waals surface area (Å²) in [6, 6.07) is 0.813. The van der Waals surface area contributed by atoms with Crippen LogP contribution in [-0.2, 0) is 4.74 Å². The van der Waals surface area contributed by atoms with Crippen LogP contribution in [0, 0.1) is 0 Å². The van der Waals surface area contributed by atoms with E-state index in [1.54, 1.807) is 0 Å². The summed E-state index contributed by atoms with van der Waals surface area (Å²) < 4.78 is 5.81. The summed E-state index contributed by atoms with van der Waals surface area (Å²) in [6.45, 7) is 4.61. The molecule has 2 atom stereocenters. The van der Waals surface area contributed by atoms with E-state index >= 15 is 0 Å². The van der Waals surface area contributed by atoms with Crippen LogP contribution in [0.1, 0.15) is 44.9 Å². The number of likely N-dealkylation sites (N-methyl/N-ethyl adjacent to an activating group) is 1. The maximum absolute atomic E-state index is 5.81. The zero-order valence-electron chi connectivity index (χ0n) is 12.2. The van der Waals surface area contributed by atoms with Gasteiger partial charge in [0.05, 0.1) is 6.10 Å². The first-order valence-electron chi connectivity index (χ1n) is 7.76. The number of ether oxygens (including phenoxy) is 1. The van der Waals surface area contributed by atoms with E-state index in [2.05, 4.69) is 23.9 Å². The van der Waals surface area contributed by atoms with Gasteiger partial charge in [-0.3, -0.25) is 0 Å². The Labute approximate surface area is 112 Å². The number of likely N-dealkylation sites (tertiary alicyclic amines) is 1. The van der Waals surface area contributed by atoms with Gasteiger partial charge in [-0.05, 0) is 65.7 Å². The van der Waals surface area contributed by atoms with E-state index in [1.165, 1.54) is 58.0 Å². The van der Waals surface area contributed by atoms with E-state index in [1.807, 2.05) is 0 Å². The zero-order valence-corrected chi connectivity index (χ0v) is 12.2. The topological polar surface area (TPSA) is 15.7 Å². The molecule has 0 aromatic rings. The predicted octanol–water partition coefficient (Wildman–Crippen LogP) is 2.36. The van der Waals surface area contributed by atoms with Crippen molar-refractivity contribution in [3.8, 4) is 0 Å². The first kappa shape index (κ1) is 14.3. The summed E-state index contributed by atoms with van der Waals surface area (Å²) in [4.78, 5) is 5.02. The molecule has 0 saturated carbocycles. The smallest absolute Gasteiger partial charge is 0.0701 e. The minimum Gasteiger partial charge on any atom is -0.377 e. The average Bonchev–Trinajstić information content (AvgIpc) is 2.39. The molecule has 3 heteroatoms. The molecular formula is C15H30N2O. The van der Waals surface area contributed by atoms with Crippen LogP contribution in [0.15, 0.2) is 0 Å². The molecule has 0 aromatic heterocycles. The summed E-state index contributed by atoms with van der Waals surface area (Å²) in [5.74, 6) is 0. The van der Waals surface area contributed by atoms with Crippen LogP contribution in [0.3, 0.4) is 0 Å². The van der Waals surface area contributed by atoms with Gasteiger partial charge in [-0.25, -0.2) is 0 Å². The summed E-state index contributed by atoms with van der Waals surface area (Å²) in [5, 5.41) is 0. The van der Waals surface area contributed by atoms with Crippen molar-refractivity contribution in [1.82, 2.24) is 9.80 Å². The maximum Gasteiger partial charge on any atom is 0.0701 e. The largest absolute Gasteiger partial charge is 0.377 e. The molecular weight excluding hydrogens is 224 g/mol. The molecule has 0 bridgehead atoms. The van der Waals surface area contributed by atoms with Crippen molar-refractivity contribution in [3.63, 3.8) is 0 Å². The number of hydrogen-bond donors (Lipinski definition) is 0. The molecule has 2 rings (SSSR count). The molecule has 0 radical (unpaired) electrons. The van der Waals surface area contributed by atoms with Crippen LogP contribution in [0.5, 0.6) is 0 Å². The van der Waals surface area contributed by atoms with E-state index in [0.29, 0.717) is 6.10 Å². The van der Waals surface area contributed by atoms with E-state index in [-0.39, 0.29) is 0 Å². The van der Waals surface area contributed by atoms with Gasteiger partial charge in [0.1, 0.15) is 0 Å². The molecule has 0 spiro atoms. The molecule has 2 heterocycles. The Kier molecular flexibility index (Phi) is 5.93. The molecule has 106 valence electrons. The van der Waals surface area contributed by atoms with Crippen LogP contribution in [0.2, 0.25) is 0 Å². The molecule has 2 aliphatic heterocycles. The number of hydrogen-bond acceptors (Lipinski definition) is 3. The minimum atomic E-state index is 0.493. The Bertz CT molecular complexity index is 229. The number of piperidine rings is 1. The van der Waals surface area contributed by atoms with E-state index in [0.717, 1.165) is 19.2 Å². The van der Waals surface area contributed by atoms with Crippen molar-refractivity contribution in [3.05, 3.63) is 0 Å². The minimum absolute atomic E-state index is 0.493. The first-order valence-corrected chi connectivity index (χ1v) is 7.76. The highest BCUT2D eigenvalue weighted by Gasteiger charge is 2.20. The highest BCUT2D eigenvalue weighted by molar-refractivity contribution is 4.76. The van der Waals surface area contributed by atoms with Crippen molar-refractivity contribution in [2.75, 3.05) is 40.3 Å². The molecule has 0 amide bonds. The molecule has 3 nitrogen and oxygen atoms in total. The lowest BCUT2D eigenvalue weighted by Gasteiger charge is -2.34. The zero-order chi connectivity index (χ0) is 12.8. The lowest BCUT2D eigenvalue weighted by Crippen LogP contribution is -2.40. The highest BCUT2D eigenvalue weighted by Crippen LogP contribution is 2.18. The van der Waals surface area contributed by atoms with Gasteiger partial charge in [-0.2, -0.15) is 0 Å². The van der Waals surface area contributed by atoms with Crippen molar-refractivity contribution < 1.29 is 4.74 Å². The molecule has 0 aromatic carbocycles. The Hall–Kier alpha value is -0.120. The van der Waals surface area contributed by atoms with Crippen LogP contribution >= 0.6 is 0 Å². The Morgan fingerprint density at radius 2 is 2.00 bits per heavy atom. The third-order valence-electron chi connectivity index (χ3n) is 4.55. The van der Waals surface area contributed by atoms with Gasteiger partial charge in [0, 0.05) is 19.2 Å². The monoisotopic (exact) mass is 254 g/mol. The maximum atomic E-state index is 5.81. The van der Waals surface area contributed by atoms with E-state index < -0.39 is 0 Å². The molecule has 2 saturated heterocycles. The Morgan fingerprint density at radius 1 is 1.17 bits per heavy atom. The second-order valence-corrected chi connectivity index (χ2v) is 6.17. The lowest BCUT2D eigenvalue weighted by atomic mass is 10.00. The lowest BCUT2D eigenvalue weighted by molar-refractivity contribution is -0.00271. The van der Waals surface area contributed by atoms with Gasteiger partial charge in [-0.1, -0.05) is 6.42 Å². The van der Waals surface area contributed by atoms with Crippen LogP contribution < -0.4 is 0 Å². The normalized spacial score (nSPS) is 30.8. The molecule has 0 N–H and O–H groups in total. The third kappa shape index (κ3) is 4.52. The molecule has 0 unspecified atom stereocenters.